The van der Waals surface area contributed by atoms with E-state index in [1.165, 1.54) is 6.92 Å². The standard InChI is InChI=1S/C22H15F6N3O2S/c1-11(32)31-5-4-12-2-3-13(8-18(12)31)17-10-34-20(29-17)30-19(33)14-6-15(21(23,24)25)9-16(7-14)22(26,27)28/h2-3,6-10H,4-5H2,1H3,(H,29,30,33). The second-order valence-corrected chi connectivity index (χ2v) is 8.41. The number of nitrogens with one attached hydrogen (secondary N) is 1. The van der Waals surface area contributed by atoms with Crippen molar-refractivity contribution in [3.63, 3.8) is 0 Å². The van der Waals surface area contributed by atoms with Crippen LogP contribution in [0.15, 0.2) is 41.8 Å². The van der Waals surface area contributed by atoms with Gasteiger partial charge in [0.1, 0.15) is 0 Å². The van der Waals surface area contributed by atoms with Gasteiger partial charge in [0.15, 0.2) is 5.13 Å². The summed E-state index contributed by atoms with van der Waals surface area (Å²) in [5, 5.41) is 3.83. The number of hydrogen-bond donors (Lipinski definition) is 1. The second-order valence-electron chi connectivity index (χ2n) is 7.55. The van der Waals surface area contributed by atoms with E-state index in [1.807, 2.05) is 6.07 Å². The summed E-state index contributed by atoms with van der Waals surface area (Å²) in [7, 11) is 0. The highest BCUT2D eigenvalue weighted by Crippen LogP contribution is 2.37. The summed E-state index contributed by atoms with van der Waals surface area (Å²) in [6.07, 6.45) is -9.41. The Kier molecular flexibility index (Phi) is 5.88. The molecule has 2 amide bonds. The van der Waals surface area contributed by atoms with E-state index in [9.17, 15) is 35.9 Å². The summed E-state index contributed by atoms with van der Waals surface area (Å²) in [6, 6.07) is 6.08. The van der Waals surface area contributed by atoms with Crippen LogP contribution in [0.1, 0.15) is 34.0 Å². The second kappa shape index (κ2) is 8.42. The van der Waals surface area contributed by atoms with E-state index in [-0.39, 0.29) is 17.1 Å². The van der Waals surface area contributed by atoms with Gasteiger partial charge < -0.3 is 4.90 Å². The van der Waals surface area contributed by atoms with E-state index in [4.69, 9.17) is 0 Å². The van der Waals surface area contributed by atoms with Crippen molar-refractivity contribution in [2.75, 3.05) is 16.8 Å². The van der Waals surface area contributed by atoms with Crippen LogP contribution in [0.25, 0.3) is 11.3 Å². The molecule has 0 saturated carbocycles. The number of alkyl halides is 6. The van der Waals surface area contributed by atoms with Gasteiger partial charge >= 0.3 is 12.4 Å². The van der Waals surface area contributed by atoms with Gasteiger partial charge in [-0.15, -0.1) is 11.3 Å². The van der Waals surface area contributed by atoms with Crippen molar-refractivity contribution in [2.45, 2.75) is 25.7 Å². The lowest BCUT2D eigenvalue weighted by atomic mass is 10.0. The Morgan fingerprint density at radius 3 is 2.24 bits per heavy atom. The third-order valence-corrected chi connectivity index (χ3v) is 5.99. The zero-order valence-corrected chi connectivity index (χ0v) is 18.2. The SMILES string of the molecule is CC(=O)N1CCc2ccc(-c3csc(NC(=O)c4cc(C(F)(F)F)cc(C(F)(F)F)c4)n3)cc21. The molecule has 12 heteroatoms. The van der Waals surface area contributed by atoms with E-state index in [1.54, 1.807) is 22.4 Å². The Balaban J connectivity index is 1.59. The average Bonchev–Trinajstić information content (AvgIpc) is 3.38. The van der Waals surface area contributed by atoms with Crippen LogP contribution < -0.4 is 10.2 Å². The maximum Gasteiger partial charge on any atom is 0.416 e. The zero-order valence-electron chi connectivity index (χ0n) is 17.3. The van der Waals surface area contributed by atoms with Crippen LogP contribution in [0.5, 0.6) is 0 Å². The number of thiazole rings is 1. The van der Waals surface area contributed by atoms with Crippen molar-refractivity contribution < 1.29 is 35.9 Å². The lowest BCUT2D eigenvalue weighted by Crippen LogP contribution is -2.25. The van der Waals surface area contributed by atoms with Gasteiger partial charge in [-0.1, -0.05) is 12.1 Å². The molecule has 2 aromatic carbocycles. The number of fused-ring (bicyclic) bond motifs is 1. The molecule has 0 atom stereocenters. The van der Waals surface area contributed by atoms with Crippen LogP contribution in [0.3, 0.4) is 0 Å². The van der Waals surface area contributed by atoms with Gasteiger partial charge in [-0.25, -0.2) is 4.98 Å². The van der Waals surface area contributed by atoms with Crippen LogP contribution >= 0.6 is 11.3 Å². The van der Waals surface area contributed by atoms with Crippen molar-refractivity contribution in [2.24, 2.45) is 0 Å². The summed E-state index contributed by atoms with van der Waals surface area (Å²) in [5.74, 6) is -1.27. The normalized spacial score (nSPS) is 13.7. The summed E-state index contributed by atoms with van der Waals surface area (Å²) in [6.45, 7) is 2.01. The molecule has 4 rings (SSSR count). The number of halogens is 6. The van der Waals surface area contributed by atoms with Crippen molar-refractivity contribution in [1.29, 1.82) is 0 Å². The molecule has 0 aliphatic carbocycles. The van der Waals surface area contributed by atoms with E-state index < -0.39 is 35.0 Å². The Labute approximate surface area is 193 Å². The van der Waals surface area contributed by atoms with Crippen LogP contribution in [-0.2, 0) is 23.6 Å². The number of amides is 2. The number of carbonyl (C=O) groups is 2. The largest absolute Gasteiger partial charge is 0.416 e. The number of nitrogens with zero attached hydrogens (tertiary/aromatic N) is 2. The molecule has 1 N–H and O–H groups in total. The Bertz CT molecular complexity index is 1250. The van der Waals surface area contributed by atoms with Crippen molar-refractivity contribution in [3.8, 4) is 11.3 Å². The van der Waals surface area contributed by atoms with Gasteiger partial charge in [-0.3, -0.25) is 14.9 Å². The molecule has 0 spiro atoms. The molecule has 1 aliphatic heterocycles. The summed E-state index contributed by atoms with van der Waals surface area (Å²) in [4.78, 5) is 30.1. The topological polar surface area (TPSA) is 62.3 Å². The fourth-order valence-corrected chi connectivity index (χ4v) is 4.30. The van der Waals surface area contributed by atoms with Gasteiger partial charge in [0, 0.05) is 35.7 Å². The molecule has 2 heterocycles. The first-order valence-electron chi connectivity index (χ1n) is 9.80. The Morgan fingerprint density at radius 2 is 1.65 bits per heavy atom. The minimum absolute atomic E-state index is 0.00473. The van der Waals surface area contributed by atoms with Crippen molar-refractivity contribution in [1.82, 2.24) is 4.98 Å². The fraction of sp³-hybridized carbons (Fsp3) is 0.227. The fourth-order valence-electron chi connectivity index (χ4n) is 3.58. The van der Waals surface area contributed by atoms with E-state index in [0.717, 1.165) is 22.6 Å². The first-order chi connectivity index (χ1) is 15.8. The summed E-state index contributed by atoms with van der Waals surface area (Å²) < 4.78 is 78.3. The first-order valence-corrected chi connectivity index (χ1v) is 10.7. The van der Waals surface area contributed by atoms with Crippen LogP contribution in [0.4, 0.5) is 37.2 Å². The molecule has 34 heavy (non-hydrogen) atoms. The molecular weight excluding hydrogens is 484 g/mol. The predicted molar refractivity (Wildman–Crippen MR) is 114 cm³/mol. The first kappa shape index (κ1) is 23.7. The van der Waals surface area contributed by atoms with Gasteiger partial charge in [0.2, 0.25) is 5.91 Å². The van der Waals surface area contributed by atoms with Gasteiger partial charge in [-0.2, -0.15) is 26.3 Å². The third kappa shape index (κ3) is 4.76. The highest BCUT2D eigenvalue weighted by atomic mass is 32.1. The number of rotatable bonds is 3. The Morgan fingerprint density at radius 1 is 1.00 bits per heavy atom. The highest BCUT2D eigenvalue weighted by Gasteiger charge is 2.37. The van der Waals surface area contributed by atoms with Crippen LogP contribution in [-0.4, -0.2) is 23.3 Å². The lowest BCUT2D eigenvalue weighted by Gasteiger charge is -2.15. The van der Waals surface area contributed by atoms with Crippen LogP contribution in [0, 0.1) is 0 Å². The molecule has 178 valence electrons. The molecule has 0 bridgehead atoms. The molecule has 0 saturated heterocycles. The number of carbonyl (C=O) groups excluding carboxylic acids is 2. The number of benzene rings is 2. The molecule has 3 aromatic rings. The van der Waals surface area contributed by atoms with Gasteiger partial charge in [0.25, 0.3) is 5.91 Å². The predicted octanol–water partition coefficient (Wildman–Crippen LogP) is 6.01. The van der Waals surface area contributed by atoms with Gasteiger partial charge in [0.05, 0.1) is 16.8 Å². The molecule has 1 aliphatic rings. The van der Waals surface area contributed by atoms with E-state index in [2.05, 4.69) is 10.3 Å². The summed E-state index contributed by atoms with van der Waals surface area (Å²) in [5.41, 5.74) is -1.16. The van der Waals surface area contributed by atoms with Crippen molar-refractivity contribution >= 4 is 34.0 Å². The smallest absolute Gasteiger partial charge is 0.312 e. The zero-order chi connectivity index (χ0) is 24.8. The minimum atomic E-state index is -5.06. The third-order valence-electron chi connectivity index (χ3n) is 5.23. The quantitative estimate of drug-likeness (QED) is 0.449. The average molecular weight is 499 g/mol. The minimum Gasteiger partial charge on any atom is -0.312 e. The maximum absolute atomic E-state index is 13.1. The van der Waals surface area contributed by atoms with Gasteiger partial charge in [-0.05, 0) is 36.2 Å². The molecule has 0 unspecified atom stereocenters. The number of anilines is 2. The molecule has 0 fully saturated rings. The van der Waals surface area contributed by atoms with Crippen molar-refractivity contribution in [3.05, 3.63) is 64.0 Å². The molecule has 1 aromatic heterocycles. The maximum atomic E-state index is 13.1. The number of aromatic nitrogens is 1. The number of hydrogen-bond acceptors (Lipinski definition) is 4. The Hall–Kier alpha value is -3.41. The lowest BCUT2D eigenvalue weighted by molar-refractivity contribution is -0.143. The van der Waals surface area contributed by atoms with Crippen LogP contribution in [0.2, 0.25) is 0 Å². The molecular formula is C22H15F6N3O2S. The molecule has 0 radical (unpaired) electrons. The summed E-state index contributed by atoms with van der Waals surface area (Å²) >= 11 is 0.959. The van der Waals surface area contributed by atoms with E-state index in [0.29, 0.717) is 36.4 Å². The molecule has 5 nitrogen and oxygen atoms in total. The van der Waals surface area contributed by atoms with E-state index >= 15 is 0 Å². The monoisotopic (exact) mass is 499 g/mol. The highest BCUT2D eigenvalue weighted by molar-refractivity contribution is 7.14.